The number of nitrogens with zero attached hydrogens (tertiary/aromatic N) is 1. The monoisotopic (exact) mass is 227 g/mol. The molecule has 0 spiro atoms. The number of benzene rings is 1. The van der Waals surface area contributed by atoms with Crippen LogP contribution in [0.3, 0.4) is 0 Å². The molecule has 0 saturated heterocycles. The van der Waals surface area contributed by atoms with Crippen molar-refractivity contribution in [2.75, 3.05) is 0 Å². The highest BCUT2D eigenvalue weighted by Crippen LogP contribution is 2.18. The van der Waals surface area contributed by atoms with Gasteiger partial charge in [0, 0.05) is 11.4 Å². The fraction of sp³-hybridized carbons (Fsp3) is 0.267. The molecule has 2 heteroatoms. The molecule has 1 aromatic heterocycles. The third-order valence-electron chi connectivity index (χ3n) is 3.10. The average molecular weight is 227 g/mol. The van der Waals surface area contributed by atoms with Crippen LogP contribution in [0.4, 0.5) is 0 Å². The van der Waals surface area contributed by atoms with E-state index >= 15 is 0 Å². The van der Waals surface area contributed by atoms with Crippen LogP contribution < -0.4 is 0 Å². The molecule has 0 amide bonds. The van der Waals surface area contributed by atoms with E-state index in [0.717, 1.165) is 24.1 Å². The molecule has 1 aromatic carbocycles. The van der Waals surface area contributed by atoms with Crippen LogP contribution in [0.2, 0.25) is 0 Å². The highest BCUT2D eigenvalue weighted by molar-refractivity contribution is 5.57. The lowest BCUT2D eigenvalue weighted by Gasteiger charge is -2.17. The highest BCUT2D eigenvalue weighted by Gasteiger charge is 2.13. The Kier molecular flexibility index (Phi) is 3.43. The van der Waals surface area contributed by atoms with Crippen molar-refractivity contribution in [3.63, 3.8) is 0 Å². The van der Waals surface area contributed by atoms with E-state index in [1.807, 2.05) is 32.0 Å². The number of hydrogen-bond acceptors (Lipinski definition) is 1. The van der Waals surface area contributed by atoms with Crippen LogP contribution in [0, 0.1) is 13.8 Å². The van der Waals surface area contributed by atoms with Crippen molar-refractivity contribution in [1.82, 2.24) is 4.57 Å². The lowest BCUT2D eigenvalue weighted by atomic mass is 10.1. The summed E-state index contributed by atoms with van der Waals surface area (Å²) in [6.07, 6.45) is 1.79. The highest BCUT2D eigenvalue weighted by atomic mass is 16.1. The van der Waals surface area contributed by atoms with Gasteiger partial charge in [-0.1, -0.05) is 30.3 Å². The van der Waals surface area contributed by atoms with Crippen molar-refractivity contribution < 1.29 is 4.79 Å². The predicted octanol–water partition coefficient (Wildman–Crippen LogP) is 3.09. The van der Waals surface area contributed by atoms with Crippen LogP contribution in [0.25, 0.3) is 0 Å². The number of aldehydes is 1. The number of carbonyl (C=O) groups is 1. The number of aromatic nitrogens is 1. The number of rotatable bonds is 4. The van der Waals surface area contributed by atoms with Gasteiger partial charge < -0.3 is 9.36 Å². The SMILES string of the molecule is Cc1ccc(C)n1C(C=O)Cc1ccccc1. The maximum absolute atomic E-state index is 11.3. The summed E-state index contributed by atoms with van der Waals surface area (Å²) in [5.41, 5.74) is 3.46. The summed E-state index contributed by atoms with van der Waals surface area (Å²) in [6.45, 7) is 4.07. The first kappa shape index (κ1) is 11.6. The molecule has 88 valence electrons. The molecule has 2 nitrogen and oxygen atoms in total. The Morgan fingerprint density at radius 2 is 1.65 bits per heavy atom. The zero-order valence-corrected chi connectivity index (χ0v) is 10.3. The average Bonchev–Trinajstić information content (AvgIpc) is 2.68. The maximum atomic E-state index is 11.3. The van der Waals surface area contributed by atoms with Gasteiger partial charge in [-0.2, -0.15) is 0 Å². The largest absolute Gasteiger partial charge is 0.339 e. The van der Waals surface area contributed by atoms with Gasteiger partial charge in [0.1, 0.15) is 6.29 Å². The second-order valence-corrected chi connectivity index (χ2v) is 4.38. The molecular formula is C15H17NO. The summed E-state index contributed by atoms with van der Waals surface area (Å²) in [6, 6.07) is 14.1. The maximum Gasteiger partial charge on any atom is 0.143 e. The van der Waals surface area contributed by atoms with Crippen molar-refractivity contribution in [1.29, 1.82) is 0 Å². The quantitative estimate of drug-likeness (QED) is 0.736. The molecule has 2 aromatic rings. The fourth-order valence-corrected chi connectivity index (χ4v) is 2.26. The molecule has 0 saturated carbocycles. The van der Waals surface area contributed by atoms with Gasteiger partial charge in [-0.05, 0) is 38.0 Å². The summed E-state index contributed by atoms with van der Waals surface area (Å²) < 4.78 is 2.10. The van der Waals surface area contributed by atoms with Crippen LogP contribution in [-0.4, -0.2) is 10.9 Å². The second-order valence-electron chi connectivity index (χ2n) is 4.38. The van der Waals surface area contributed by atoms with E-state index in [1.54, 1.807) is 0 Å². The lowest BCUT2D eigenvalue weighted by Crippen LogP contribution is -2.15. The molecule has 2 rings (SSSR count). The Balaban J connectivity index is 2.26. The topological polar surface area (TPSA) is 22.0 Å². The normalized spacial score (nSPS) is 12.4. The molecule has 1 atom stereocenters. The van der Waals surface area contributed by atoms with Gasteiger partial charge in [0.15, 0.2) is 0 Å². The third-order valence-corrected chi connectivity index (χ3v) is 3.10. The minimum Gasteiger partial charge on any atom is -0.339 e. The second kappa shape index (κ2) is 5.00. The Morgan fingerprint density at radius 1 is 1.06 bits per heavy atom. The zero-order chi connectivity index (χ0) is 12.3. The minimum atomic E-state index is -0.104. The van der Waals surface area contributed by atoms with Crippen molar-refractivity contribution in [2.45, 2.75) is 26.3 Å². The van der Waals surface area contributed by atoms with Gasteiger partial charge in [0.05, 0.1) is 6.04 Å². The summed E-state index contributed by atoms with van der Waals surface area (Å²) in [5, 5.41) is 0. The standard InChI is InChI=1S/C15H17NO/c1-12-8-9-13(2)16(12)15(11-17)10-14-6-4-3-5-7-14/h3-9,11,15H,10H2,1-2H3. The van der Waals surface area contributed by atoms with Crippen LogP contribution >= 0.6 is 0 Å². The van der Waals surface area contributed by atoms with Crippen LogP contribution in [0.15, 0.2) is 42.5 Å². The van der Waals surface area contributed by atoms with Gasteiger partial charge >= 0.3 is 0 Å². The Labute approximate surface area is 102 Å². The van der Waals surface area contributed by atoms with E-state index in [2.05, 4.69) is 28.8 Å². The van der Waals surface area contributed by atoms with Gasteiger partial charge in [-0.15, -0.1) is 0 Å². The molecule has 1 heterocycles. The summed E-state index contributed by atoms with van der Waals surface area (Å²) >= 11 is 0. The van der Waals surface area contributed by atoms with Crippen LogP contribution in [0.1, 0.15) is 23.0 Å². The number of hydrogen-bond donors (Lipinski definition) is 0. The summed E-state index contributed by atoms with van der Waals surface area (Å²) in [5.74, 6) is 0. The Hall–Kier alpha value is -1.83. The zero-order valence-electron chi connectivity index (χ0n) is 10.3. The summed E-state index contributed by atoms with van der Waals surface area (Å²) in [7, 11) is 0. The van der Waals surface area contributed by atoms with Crippen molar-refractivity contribution in [3.05, 3.63) is 59.4 Å². The Bertz CT molecular complexity index is 479. The van der Waals surface area contributed by atoms with E-state index in [4.69, 9.17) is 0 Å². The first-order valence-corrected chi connectivity index (χ1v) is 5.86. The van der Waals surface area contributed by atoms with Gasteiger partial charge in [0.25, 0.3) is 0 Å². The van der Waals surface area contributed by atoms with Crippen LogP contribution in [0.5, 0.6) is 0 Å². The lowest BCUT2D eigenvalue weighted by molar-refractivity contribution is -0.110. The molecule has 0 N–H and O–H groups in total. The van der Waals surface area contributed by atoms with E-state index in [9.17, 15) is 4.79 Å². The molecule has 0 aliphatic carbocycles. The third kappa shape index (κ3) is 2.47. The smallest absolute Gasteiger partial charge is 0.143 e. The minimum absolute atomic E-state index is 0.104. The molecule has 0 aliphatic rings. The first-order chi connectivity index (χ1) is 8.22. The van der Waals surface area contributed by atoms with Gasteiger partial charge in [-0.3, -0.25) is 0 Å². The molecule has 0 bridgehead atoms. The molecule has 0 fully saturated rings. The molecule has 0 radical (unpaired) electrons. The number of carbonyl (C=O) groups excluding carboxylic acids is 1. The van der Waals surface area contributed by atoms with Gasteiger partial charge in [-0.25, -0.2) is 0 Å². The molecule has 0 aliphatic heterocycles. The van der Waals surface area contributed by atoms with Crippen molar-refractivity contribution >= 4 is 6.29 Å². The van der Waals surface area contributed by atoms with E-state index in [0.29, 0.717) is 0 Å². The van der Waals surface area contributed by atoms with E-state index in [-0.39, 0.29) is 6.04 Å². The molecule has 1 unspecified atom stereocenters. The number of aryl methyl sites for hydroxylation is 2. The molecular weight excluding hydrogens is 210 g/mol. The fourth-order valence-electron chi connectivity index (χ4n) is 2.26. The van der Waals surface area contributed by atoms with Gasteiger partial charge in [0.2, 0.25) is 0 Å². The van der Waals surface area contributed by atoms with Crippen molar-refractivity contribution in [3.8, 4) is 0 Å². The van der Waals surface area contributed by atoms with Crippen molar-refractivity contribution in [2.24, 2.45) is 0 Å². The molecule has 17 heavy (non-hydrogen) atoms. The van der Waals surface area contributed by atoms with E-state index in [1.165, 1.54) is 5.56 Å². The summed E-state index contributed by atoms with van der Waals surface area (Å²) in [4.78, 5) is 11.3. The van der Waals surface area contributed by atoms with E-state index < -0.39 is 0 Å². The predicted molar refractivity (Wildman–Crippen MR) is 69.2 cm³/mol. The van der Waals surface area contributed by atoms with Crippen LogP contribution in [-0.2, 0) is 11.2 Å². The Morgan fingerprint density at radius 3 is 2.18 bits per heavy atom. The first-order valence-electron chi connectivity index (χ1n) is 5.86.